The van der Waals surface area contributed by atoms with Gasteiger partial charge in [0, 0.05) is 31.9 Å². The number of likely N-dealkylation sites (tertiary alicyclic amines) is 1. The molecule has 1 saturated heterocycles. The van der Waals surface area contributed by atoms with Gasteiger partial charge in [-0.1, -0.05) is 13.0 Å². The predicted octanol–water partition coefficient (Wildman–Crippen LogP) is 4.27. The van der Waals surface area contributed by atoms with Gasteiger partial charge in [0.15, 0.2) is 21.4 Å². The normalized spacial score (nSPS) is 16.3. The molecule has 16 heteroatoms. The lowest BCUT2D eigenvalue weighted by Crippen LogP contribution is -2.40. The summed E-state index contributed by atoms with van der Waals surface area (Å²) in [5.41, 5.74) is 5.41. The third-order valence-electron chi connectivity index (χ3n) is 8.28. The Labute approximate surface area is 288 Å². The number of benzene rings is 3. The second kappa shape index (κ2) is 15.5. The third kappa shape index (κ3) is 7.96. The van der Waals surface area contributed by atoms with Gasteiger partial charge in [0.25, 0.3) is 0 Å². The van der Waals surface area contributed by atoms with Crippen molar-refractivity contribution in [3.63, 3.8) is 0 Å². The Balaban J connectivity index is 1.94. The number of methoxy groups -OCH3 is 1. The van der Waals surface area contributed by atoms with Crippen LogP contribution in [0.4, 0.5) is 25.0 Å². The first-order valence-corrected chi connectivity index (χ1v) is 17.3. The zero-order valence-electron chi connectivity index (χ0n) is 28.2. The molecule has 4 amide bonds. The zero-order valence-corrected chi connectivity index (χ0v) is 29.0. The van der Waals surface area contributed by atoms with Gasteiger partial charge < -0.3 is 35.6 Å². The number of nitrogens with one attached hydrogen (secondary N) is 2. The minimum absolute atomic E-state index is 0.00405. The number of amides is 4. The van der Waals surface area contributed by atoms with Crippen LogP contribution in [0, 0.1) is 17.6 Å². The molecule has 0 unspecified atom stereocenters. The molecule has 0 radical (unpaired) electrons. The van der Waals surface area contributed by atoms with Crippen LogP contribution in [0.15, 0.2) is 59.5 Å². The van der Waals surface area contributed by atoms with Crippen LogP contribution in [0.5, 0.6) is 5.75 Å². The maximum absolute atomic E-state index is 15.2. The second-order valence-corrected chi connectivity index (χ2v) is 13.9. The van der Waals surface area contributed by atoms with Crippen molar-refractivity contribution in [1.82, 2.24) is 9.80 Å². The monoisotopic (exact) mass is 715 g/mol. The van der Waals surface area contributed by atoms with Gasteiger partial charge in [-0.05, 0) is 73.0 Å². The summed E-state index contributed by atoms with van der Waals surface area (Å²) in [5.74, 6) is -5.49. The molecule has 1 aliphatic rings. The van der Waals surface area contributed by atoms with E-state index in [1.807, 2.05) is 0 Å². The van der Waals surface area contributed by atoms with Gasteiger partial charge in [-0.15, -0.1) is 0 Å². The van der Waals surface area contributed by atoms with Crippen molar-refractivity contribution in [2.24, 2.45) is 11.7 Å². The van der Waals surface area contributed by atoms with E-state index >= 15 is 4.39 Å². The van der Waals surface area contributed by atoms with Crippen molar-refractivity contribution in [2.45, 2.75) is 37.2 Å². The van der Waals surface area contributed by atoms with E-state index in [4.69, 9.17) is 15.2 Å². The van der Waals surface area contributed by atoms with E-state index in [9.17, 15) is 32.0 Å². The van der Waals surface area contributed by atoms with Crippen LogP contribution in [-0.2, 0) is 24.2 Å². The Kier molecular flexibility index (Phi) is 11.7. The summed E-state index contributed by atoms with van der Waals surface area (Å²) in [6, 6.07) is 7.67. The van der Waals surface area contributed by atoms with Gasteiger partial charge in [-0.2, -0.15) is 0 Å². The number of carbonyl (C=O) groups excluding carboxylic acids is 4. The molecule has 0 saturated carbocycles. The second-order valence-electron chi connectivity index (χ2n) is 11.6. The Morgan fingerprint density at radius 3 is 2.34 bits per heavy atom. The molecule has 4 rings (SSSR count). The van der Waals surface area contributed by atoms with Crippen LogP contribution in [0.25, 0.3) is 0 Å². The number of urea groups is 1. The van der Waals surface area contributed by atoms with Gasteiger partial charge >= 0.3 is 12.0 Å². The van der Waals surface area contributed by atoms with E-state index in [1.165, 1.54) is 74.3 Å². The molecular weight excluding hydrogens is 676 g/mol. The van der Waals surface area contributed by atoms with E-state index in [2.05, 4.69) is 10.6 Å². The molecule has 1 heterocycles. The van der Waals surface area contributed by atoms with Crippen LogP contribution in [0.1, 0.15) is 53.8 Å². The number of ether oxygens (including phenoxy) is 2. The smallest absolute Gasteiger partial charge is 0.321 e. The summed E-state index contributed by atoms with van der Waals surface area (Å²) < 4.78 is 67.1. The minimum Gasteiger partial charge on any atom is -0.494 e. The molecule has 0 spiro atoms. The molecule has 50 heavy (non-hydrogen) atoms. The van der Waals surface area contributed by atoms with E-state index in [0.29, 0.717) is 0 Å². The molecule has 3 aromatic rings. The lowest BCUT2D eigenvalue weighted by atomic mass is 9.92. The average Bonchev–Trinajstić information content (AvgIpc) is 3.53. The number of rotatable bonds is 12. The fourth-order valence-corrected chi connectivity index (χ4v) is 6.83. The van der Waals surface area contributed by atoms with Gasteiger partial charge in [0.2, 0.25) is 11.8 Å². The number of hydrogen-bond donors (Lipinski definition) is 3. The molecule has 268 valence electrons. The number of carbonyl (C=O) groups is 4. The number of anilines is 2. The first kappa shape index (κ1) is 37.6. The number of sulfone groups is 1. The van der Waals surface area contributed by atoms with Crippen LogP contribution in [0.3, 0.4) is 0 Å². The van der Waals surface area contributed by atoms with Crippen LogP contribution < -0.4 is 21.1 Å². The SMILES string of the molecule is CCOC(=O)[C@H]1CCN(C(=O)[C@@H](Nc2cc(C(N)=O)ccc2F)c2ccc(F)c(OC)c2)[C@H]1c1cc(NC(=O)N(C)C)ccc1S(=O)(=O)CC. The lowest BCUT2D eigenvalue weighted by molar-refractivity contribution is -0.149. The number of nitrogens with two attached hydrogens (primary N) is 1. The predicted molar refractivity (Wildman–Crippen MR) is 180 cm³/mol. The maximum atomic E-state index is 15.2. The van der Waals surface area contributed by atoms with Crippen LogP contribution in [0.2, 0.25) is 0 Å². The highest BCUT2D eigenvalue weighted by molar-refractivity contribution is 7.91. The van der Waals surface area contributed by atoms with E-state index < -0.39 is 63.3 Å². The molecule has 1 fully saturated rings. The molecule has 0 aliphatic carbocycles. The maximum Gasteiger partial charge on any atom is 0.321 e. The first-order chi connectivity index (χ1) is 23.6. The molecule has 3 atom stereocenters. The first-order valence-electron chi connectivity index (χ1n) is 15.6. The van der Waals surface area contributed by atoms with Gasteiger partial charge in [-0.3, -0.25) is 14.4 Å². The van der Waals surface area contributed by atoms with Crippen molar-refractivity contribution < 1.29 is 45.9 Å². The Hall–Kier alpha value is -5.25. The number of primary amides is 1. The Bertz CT molecular complexity index is 1910. The van der Waals surface area contributed by atoms with Crippen molar-refractivity contribution in [3.8, 4) is 5.75 Å². The molecule has 0 bridgehead atoms. The highest BCUT2D eigenvalue weighted by atomic mass is 32.2. The van der Waals surface area contributed by atoms with Crippen molar-refractivity contribution in [3.05, 3.63) is 82.9 Å². The van der Waals surface area contributed by atoms with E-state index in [0.717, 1.165) is 18.2 Å². The topological polar surface area (TPSA) is 177 Å². The Morgan fingerprint density at radius 2 is 1.72 bits per heavy atom. The summed E-state index contributed by atoms with van der Waals surface area (Å²) in [5, 5.41) is 5.47. The summed E-state index contributed by atoms with van der Waals surface area (Å²) in [6.45, 7) is 2.97. The molecule has 0 aromatic heterocycles. The molecule has 4 N–H and O–H groups in total. The van der Waals surface area contributed by atoms with Crippen LogP contribution in [-0.4, -0.2) is 82.1 Å². The summed E-state index contributed by atoms with van der Waals surface area (Å²) in [7, 11) is 0.278. The zero-order chi connectivity index (χ0) is 36.9. The number of hydrogen-bond acceptors (Lipinski definition) is 9. The quantitative estimate of drug-likeness (QED) is 0.231. The third-order valence-corrected chi connectivity index (χ3v) is 10.1. The fourth-order valence-electron chi connectivity index (χ4n) is 5.71. The summed E-state index contributed by atoms with van der Waals surface area (Å²) in [6.07, 6.45) is 0.0557. The lowest BCUT2D eigenvalue weighted by Gasteiger charge is -2.33. The molecule has 13 nitrogen and oxygen atoms in total. The van der Waals surface area contributed by atoms with Gasteiger partial charge in [-0.25, -0.2) is 22.0 Å². The van der Waals surface area contributed by atoms with Crippen molar-refractivity contribution in [2.75, 3.05) is 50.7 Å². The fraction of sp³-hybridized carbons (Fsp3) is 0.353. The highest BCUT2D eigenvalue weighted by Gasteiger charge is 2.46. The largest absolute Gasteiger partial charge is 0.494 e. The van der Waals surface area contributed by atoms with Gasteiger partial charge in [0.1, 0.15) is 11.9 Å². The number of halogens is 2. The minimum atomic E-state index is -3.97. The number of nitrogens with zero attached hydrogens (tertiary/aromatic N) is 2. The summed E-state index contributed by atoms with van der Waals surface area (Å²) >= 11 is 0. The van der Waals surface area contributed by atoms with Crippen LogP contribution >= 0.6 is 0 Å². The molecule has 3 aromatic carbocycles. The van der Waals surface area contributed by atoms with Gasteiger partial charge in [0.05, 0.1) is 42.0 Å². The molecular formula is C34H39F2N5O8S. The molecule has 1 aliphatic heterocycles. The Morgan fingerprint density at radius 1 is 1.02 bits per heavy atom. The van der Waals surface area contributed by atoms with Crippen molar-refractivity contribution >= 4 is 45.0 Å². The van der Waals surface area contributed by atoms with Crippen molar-refractivity contribution in [1.29, 1.82) is 0 Å². The standard InChI is InChI=1S/C34H39F2N5O8S/c1-6-49-33(44)22-14-15-41(30(22)23-18-21(38-34(45)40(3)4)10-13-28(23)50(46,47)7-2)32(43)29(19-8-12-25(36)27(17-19)48-5)39-26-16-20(31(37)42)9-11-24(26)35/h8-13,16-18,22,29-30,39H,6-7,14-15H2,1-5H3,(H2,37,42)(H,38,45)/t22-,29-,30+/m0/s1. The van der Waals surface area contributed by atoms with E-state index in [1.54, 1.807) is 6.92 Å². The number of esters is 1. The van der Waals surface area contributed by atoms with E-state index in [-0.39, 0.29) is 64.0 Å². The average molecular weight is 716 g/mol. The highest BCUT2D eigenvalue weighted by Crippen LogP contribution is 2.44. The summed E-state index contributed by atoms with van der Waals surface area (Å²) in [4.78, 5) is 55.1.